The predicted molar refractivity (Wildman–Crippen MR) is 119 cm³/mol. The zero-order valence-corrected chi connectivity index (χ0v) is 18.9. The fraction of sp³-hybridized carbons (Fsp3) is 0.458. The third-order valence-electron chi connectivity index (χ3n) is 6.51. The molecule has 0 bridgehead atoms. The number of halogens is 1. The minimum atomic E-state index is -0.548. The maximum absolute atomic E-state index is 13.1. The van der Waals surface area contributed by atoms with Gasteiger partial charge in [0.25, 0.3) is 0 Å². The number of carbonyl (C=O) groups is 1. The first-order valence-electron chi connectivity index (χ1n) is 10.9. The van der Waals surface area contributed by atoms with Crippen LogP contribution in [0.1, 0.15) is 48.0 Å². The van der Waals surface area contributed by atoms with E-state index >= 15 is 0 Å². The summed E-state index contributed by atoms with van der Waals surface area (Å²) in [5.74, 6) is 0.311. The van der Waals surface area contributed by atoms with Gasteiger partial charge in [0.2, 0.25) is 5.75 Å². The summed E-state index contributed by atoms with van der Waals surface area (Å²) in [5.41, 5.74) is 0.171. The number of aromatic hydroxyl groups is 1. The molecule has 0 amide bonds. The number of phenols is 1. The van der Waals surface area contributed by atoms with Crippen molar-refractivity contribution in [1.29, 1.82) is 0 Å². The molecule has 3 aliphatic rings. The van der Waals surface area contributed by atoms with E-state index in [1.165, 1.54) is 0 Å². The summed E-state index contributed by atoms with van der Waals surface area (Å²) in [7, 11) is 0. The summed E-state index contributed by atoms with van der Waals surface area (Å²) in [6.45, 7) is 2.89. The number of morpholine rings is 1. The van der Waals surface area contributed by atoms with Crippen LogP contribution in [-0.2, 0) is 4.74 Å². The van der Waals surface area contributed by atoms with Crippen molar-refractivity contribution in [2.75, 3.05) is 26.3 Å². The van der Waals surface area contributed by atoms with E-state index in [0.717, 1.165) is 45.2 Å². The molecule has 6 nitrogen and oxygen atoms in total. The Morgan fingerprint density at radius 2 is 1.77 bits per heavy atom. The smallest absolute Gasteiger partial charge is 0.206 e. The van der Waals surface area contributed by atoms with Crippen LogP contribution in [0.3, 0.4) is 0 Å². The first-order chi connectivity index (χ1) is 15.1. The van der Waals surface area contributed by atoms with E-state index in [1.807, 2.05) is 6.07 Å². The molecule has 1 atom stereocenters. The maximum atomic E-state index is 13.1. The molecule has 0 radical (unpaired) electrons. The van der Waals surface area contributed by atoms with Crippen LogP contribution < -0.4 is 9.47 Å². The lowest BCUT2D eigenvalue weighted by Crippen LogP contribution is -2.63. The Bertz CT molecular complexity index is 968. The van der Waals surface area contributed by atoms with Crippen LogP contribution >= 0.6 is 15.9 Å². The minimum Gasteiger partial charge on any atom is -0.504 e. The third kappa shape index (κ3) is 3.73. The number of ether oxygens (including phenoxy) is 3. The molecule has 2 aliphatic heterocycles. The van der Waals surface area contributed by atoms with Crippen LogP contribution in [0.15, 0.2) is 40.9 Å². The standard InChI is InChI=1S/C24H26BrNO5/c25-18-15-17(19(27)16-7-3-1-4-8-16)20(28)22-21(18)30-23(26-11-13-29-14-12-26)24(31-22)9-5-2-6-10-24/h1,3-4,7-8,15,23,28H,2,5-6,9-14H2. The summed E-state index contributed by atoms with van der Waals surface area (Å²) in [6, 6.07) is 10.6. The number of carbonyl (C=O) groups excluding carboxylic acids is 1. The highest BCUT2D eigenvalue weighted by molar-refractivity contribution is 9.10. The van der Waals surface area contributed by atoms with Gasteiger partial charge in [0, 0.05) is 18.7 Å². The van der Waals surface area contributed by atoms with E-state index < -0.39 is 5.60 Å². The fourth-order valence-corrected chi connectivity index (χ4v) is 5.42. The Morgan fingerprint density at radius 1 is 1.06 bits per heavy atom. The highest BCUT2D eigenvalue weighted by atomic mass is 79.9. The molecule has 2 aromatic rings. The van der Waals surface area contributed by atoms with Crippen molar-refractivity contribution in [1.82, 2.24) is 4.90 Å². The first-order valence-corrected chi connectivity index (χ1v) is 11.7. The van der Waals surface area contributed by atoms with Gasteiger partial charge < -0.3 is 19.3 Å². The number of rotatable bonds is 3. The van der Waals surface area contributed by atoms with Gasteiger partial charge in [-0.3, -0.25) is 9.69 Å². The molecule has 1 aliphatic carbocycles. The number of phenolic OH excluding ortho intramolecular Hbond substituents is 1. The van der Waals surface area contributed by atoms with E-state index in [1.54, 1.807) is 30.3 Å². The lowest BCUT2D eigenvalue weighted by Gasteiger charge is -2.51. The summed E-state index contributed by atoms with van der Waals surface area (Å²) in [5, 5.41) is 11.1. The van der Waals surface area contributed by atoms with Crippen LogP contribution in [0.2, 0.25) is 0 Å². The fourth-order valence-electron chi connectivity index (χ4n) is 4.91. The molecular weight excluding hydrogens is 462 g/mol. The lowest BCUT2D eigenvalue weighted by atomic mass is 9.81. The second kappa shape index (κ2) is 8.45. The normalized spacial score (nSPS) is 22.9. The lowest BCUT2D eigenvalue weighted by molar-refractivity contribution is -0.171. The van der Waals surface area contributed by atoms with Crippen molar-refractivity contribution in [3.05, 3.63) is 52.0 Å². The molecule has 1 unspecified atom stereocenters. The van der Waals surface area contributed by atoms with Gasteiger partial charge in [0.15, 0.2) is 29.1 Å². The molecule has 31 heavy (non-hydrogen) atoms. The van der Waals surface area contributed by atoms with Crippen molar-refractivity contribution < 1.29 is 24.1 Å². The molecule has 0 aromatic heterocycles. The molecule has 7 heteroatoms. The number of hydrogen-bond donors (Lipinski definition) is 1. The Morgan fingerprint density at radius 3 is 2.48 bits per heavy atom. The summed E-state index contributed by atoms with van der Waals surface area (Å²) in [4.78, 5) is 15.4. The highest BCUT2D eigenvalue weighted by Gasteiger charge is 2.51. The van der Waals surface area contributed by atoms with Crippen LogP contribution in [0.25, 0.3) is 0 Å². The largest absolute Gasteiger partial charge is 0.504 e. The van der Waals surface area contributed by atoms with Gasteiger partial charge in [0.05, 0.1) is 23.2 Å². The predicted octanol–water partition coefficient (Wildman–Crippen LogP) is 4.52. The van der Waals surface area contributed by atoms with Gasteiger partial charge in [0.1, 0.15) is 0 Å². The van der Waals surface area contributed by atoms with Gasteiger partial charge >= 0.3 is 0 Å². The number of fused-ring (bicyclic) bond motifs is 1. The SMILES string of the molecule is O=C(c1ccccc1)c1cc(Br)c2c(c1O)OC1(CCCCC1)C(N1CCOCC1)O2. The Hall–Kier alpha value is -2.09. The Balaban J connectivity index is 1.56. The number of ketones is 1. The quantitative estimate of drug-likeness (QED) is 0.641. The zero-order valence-electron chi connectivity index (χ0n) is 17.3. The van der Waals surface area contributed by atoms with Gasteiger partial charge in [-0.15, -0.1) is 0 Å². The van der Waals surface area contributed by atoms with Crippen LogP contribution in [-0.4, -0.2) is 53.9 Å². The van der Waals surface area contributed by atoms with E-state index in [0.29, 0.717) is 29.0 Å². The molecule has 1 saturated heterocycles. The van der Waals surface area contributed by atoms with Crippen LogP contribution in [0.5, 0.6) is 17.2 Å². The highest BCUT2D eigenvalue weighted by Crippen LogP contribution is 2.53. The second-order valence-corrected chi connectivity index (χ2v) is 9.31. The van der Waals surface area contributed by atoms with E-state index in [2.05, 4.69) is 20.8 Å². The van der Waals surface area contributed by atoms with Gasteiger partial charge in [-0.1, -0.05) is 36.8 Å². The molecule has 1 saturated carbocycles. The van der Waals surface area contributed by atoms with Crippen LogP contribution in [0.4, 0.5) is 0 Å². The summed E-state index contributed by atoms with van der Waals surface area (Å²) >= 11 is 3.56. The topological polar surface area (TPSA) is 68.2 Å². The van der Waals surface area contributed by atoms with E-state index in [-0.39, 0.29) is 29.1 Å². The van der Waals surface area contributed by atoms with Crippen molar-refractivity contribution in [3.63, 3.8) is 0 Å². The molecular formula is C24H26BrNO5. The van der Waals surface area contributed by atoms with E-state index in [9.17, 15) is 9.90 Å². The average Bonchev–Trinajstić information content (AvgIpc) is 2.82. The molecule has 5 rings (SSSR count). The van der Waals surface area contributed by atoms with Crippen LogP contribution in [0, 0.1) is 0 Å². The van der Waals surface area contributed by atoms with Crippen molar-refractivity contribution >= 4 is 21.7 Å². The molecule has 164 valence electrons. The van der Waals surface area contributed by atoms with Gasteiger partial charge in [-0.05, 0) is 47.7 Å². The molecule has 2 fully saturated rings. The molecule has 2 aromatic carbocycles. The molecule has 1 N–H and O–H groups in total. The number of nitrogens with zero attached hydrogens (tertiary/aromatic N) is 1. The maximum Gasteiger partial charge on any atom is 0.206 e. The Kier molecular flexibility index (Phi) is 5.67. The van der Waals surface area contributed by atoms with Crippen molar-refractivity contribution in [2.45, 2.75) is 43.9 Å². The monoisotopic (exact) mass is 487 g/mol. The molecule has 2 heterocycles. The Labute approximate surface area is 190 Å². The zero-order chi connectivity index (χ0) is 21.4. The molecule has 1 spiro atoms. The van der Waals surface area contributed by atoms with Gasteiger partial charge in [-0.2, -0.15) is 0 Å². The average molecular weight is 488 g/mol. The van der Waals surface area contributed by atoms with Gasteiger partial charge in [-0.25, -0.2) is 0 Å². The van der Waals surface area contributed by atoms with Crippen molar-refractivity contribution in [2.24, 2.45) is 0 Å². The number of hydrogen-bond acceptors (Lipinski definition) is 6. The van der Waals surface area contributed by atoms with E-state index in [4.69, 9.17) is 14.2 Å². The second-order valence-electron chi connectivity index (χ2n) is 8.45. The number of benzene rings is 2. The first kappa shape index (κ1) is 20.8. The summed E-state index contributed by atoms with van der Waals surface area (Å²) < 4.78 is 19.3. The third-order valence-corrected chi connectivity index (χ3v) is 7.10. The summed E-state index contributed by atoms with van der Waals surface area (Å²) in [6.07, 6.45) is 4.70. The minimum absolute atomic E-state index is 0.155. The van der Waals surface area contributed by atoms with Crippen molar-refractivity contribution in [3.8, 4) is 17.2 Å².